The van der Waals surface area contributed by atoms with E-state index in [-0.39, 0.29) is 6.10 Å². The third-order valence-electron chi connectivity index (χ3n) is 2.34. The highest BCUT2D eigenvalue weighted by atomic mass is 16.5. The van der Waals surface area contributed by atoms with Gasteiger partial charge in [0.25, 0.3) is 0 Å². The monoisotopic (exact) mass is 239 g/mol. The molecule has 2 N–H and O–H groups in total. The van der Waals surface area contributed by atoms with E-state index in [4.69, 9.17) is 9.47 Å². The van der Waals surface area contributed by atoms with Crippen molar-refractivity contribution in [1.82, 2.24) is 4.98 Å². The summed E-state index contributed by atoms with van der Waals surface area (Å²) in [7, 11) is 3.35. The molecule has 5 heteroatoms. The number of pyridine rings is 1. The first-order valence-corrected chi connectivity index (χ1v) is 5.75. The van der Waals surface area contributed by atoms with Crippen LogP contribution in [0.4, 0.5) is 11.5 Å². The Labute approximate surface area is 103 Å². The minimum Gasteiger partial charge on any atom is -0.382 e. The zero-order valence-corrected chi connectivity index (χ0v) is 10.7. The molecule has 0 aliphatic heterocycles. The maximum atomic E-state index is 5.27. The summed E-state index contributed by atoms with van der Waals surface area (Å²) in [6.07, 6.45) is 1.83. The summed E-state index contributed by atoms with van der Waals surface area (Å²) in [6.45, 7) is 4.19. The first-order chi connectivity index (χ1) is 8.30. The minimum atomic E-state index is 0.0516. The van der Waals surface area contributed by atoms with Gasteiger partial charge < -0.3 is 20.1 Å². The molecule has 96 valence electrons. The van der Waals surface area contributed by atoms with Gasteiger partial charge in [-0.05, 0) is 13.0 Å². The van der Waals surface area contributed by atoms with Crippen LogP contribution in [0.2, 0.25) is 0 Å². The van der Waals surface area contributed by atoms with Gasteiger partial charge in [-0.2, -0.15) is 0 Å². The number of anilines is 2. The van der Waals surface area contributed by atoms with Gasteiger partial charge in [0.2, 0.25) is 0 Å². The molecule has 0 aliphatic carbocycles. The molecule has 0 aromatic carbocycles. The van der Waals surface area contributed by atoms with Crippen molar-refractivity contribution >= 4 is 11.5 Å². The molecule has 5 nitrogen and oxygen atoms in total. The van der Waals surface area contributed by atoms with E-state index in [0.717, 1.165) is 18.1 Å². The lowest BCUT2D eigenvalue weighted by Gasteiger charge is -2.16. The largest absolute Gasteiger partial charge is 0.382 e. The molecule has 17 heavy (non-hydrogen) atoms. The van der Waals surface area contributed by atoms with Crippen LogP contribution < -0.4 is 10.6 Å². The maximum Gasteiger partial charge on any atom is 0.127 e. The van der Waals surface area contributed by atoms with E-state index < -0.39 is 0 Å². The second-order valence-corrected chi connectivity index (χ2v) is 3.65. The van der Waals surface area contributed by atoms with Gasteiger partial charge in [0.1, 0.15) is 5.82 Å². The molecule has 0 spiro atoms. The maximum absolute atomic E-state index is 5.27. The predicted molar refractivity (Wildman–Crippen MR) is 69.6 cm³/mol. The first-order valence-electron chi connectivity index (χ1n) is 5.75. The molecule has 1 aromatic rings. The van der Waals surface area contributed by atoms with Gasteiger partial charge in [0.05, 0.1) is 12.7 Å². The van der Waals surface area contributed by atoms with Gasteiger partial charge in [-0.3, -0.25) is 0 Å². The number of nitrogens with zero attached hydrogens (tertiary/aromatic N) is 1. The average Bonchev–Trinajstić information content (AvgIpc) is 2.35. The zero-order valence-electron chi connectivity index (χ0n) is 10.7. The lowest BCUT2D eigenvalue weighted by atomic mass is 10.3. The van der Waals surface area contributed by atoms with E-state index in [9.17, 15) is 0 Å². The molecule has 0 saturated carbocycles. The summed E-state index contributed by atoms with van der Waals surface area (Å²) in [6, 6.07) is 3.91. The SMILES string of the molecule is CCNc1cc(NCC(COC)OC)ccn1. The number of ether oxygens (including phenoxy) is 2. The Bertz CT molecular complexity index is 320. The molecule has 0 aliphatic rings. The van der Waals surface area contributed by atoms with Gasteiger partial charge in [-0.1, -0.05) is 0 Å². The molecule has 1 rings (SSSR count). The normalized spacial score (nSPS) is 12.2. The Morgan fingerprint density at radius 2 is 2.18 bits per heavy atom. The average molecular weight is 239 g/mol. The van der Waals surface area contributed by atoms with Crippen LogP contribution in [0.1, 0.15) is 6.92 Å². The van der Waals surface area contributed by atoms with E-state index in [1.54, 1.807) is 20.4 Å². The smallest absolute Gasteiger partial charge is 0.127 e. The van der Waals surface area contributed by atoms with Gasteiger partial charge in [-0.25, -0.2) is 4.98 Å². The number of rotatable bonds is 8. The minimum absolute atomic E-state index is 0.0516. The molecule has 1 unspecified atom stereocenters. The molecule has 1 heterocycles. The van der Waals surface area contributed by atoms with Crippen molar-refractivity contribution in [2.24, 2.45) is 0 Å². The van der Waals surface area contributed by atoms with Gasteiger partial charge >= 0.3 is 0 Å². The third kappa shape index (κ3) is 5.01. The van der Waals surface area contributed by atoms with Crippen molar-refractivity contribution in [2.75, 3.05) is 44.5 Å². The molecule has 1 atom stereocenters. The fourth-order valence-electron chi connectivity index (χ4n) is 1.45. The predicted octanol–water partition coefficient (Wildman–Crippen LogP) is 1.59. The molecular formula is C12H21N3O2. The van der Waals surface area contributed by atoms with Crippen LogP contribution in [0.25, 0.3) is 0 Å². The fourth-order valence-corrected chi connectivity index (χ4v) is 1.45. The number of nitrogens with one attached hydrogen (secondary N) is 2. The lowest BCUT2D eigenvalue weighted by molar-refractivity contribution is 0.0365. The first kappa shape index (κ1) is 13.7. The van der Waals surface area contributed by atoms with Crippen LogP contribution in [-0.4, -0.2) is 45.0 Å². The van der Waals surface area contributed by atoms with Crippen LogP contribution in [0.3, 0.4) is 0 Å². The van der Waals surface area contributed by atoms with Gasteiger partial charge in [0, 0.05) is 45.3 Å². The van der Waals surface area contributed by atoms with Crippen LogP contribution in [0.15, 0.2) is 18.3 Å². The van der Waals surface area contributed by atoms with E-state index in [1.165, 1.54) is 0 Å². The highest BCUT2D eigenvalue weighted by molar-refractivity contribution is 5.51. The second-order valence-electron chi connectivity index (χ2n) is 3.65. The van der Waals surface area contributed by atoms with E-state index >= 15 is 0 Å². The summed E-state index contributed by atoms with van der Waals surface area (Å²) in [5, 5.41) is 6.46. The molecule has 0 fully saturated rings. The van der Waals surface area contributed by atoms with Gasteiger partial charge in [0.15, 0.2) is 0 Å². The van der Waals surface area contributed by atoms with Crippen LogP contribution in [0.5, 0.6) is 0 Å². The summed E-state index contributed by atoms with van der Waals surface area (Å²) in [4.78, 5) is 4.21. The second kappa shape index (κ2) is 7.86. The Morgan fingerprint density at radius 3 is 2.82 bits per heavy atom. The van der Waals surface area contributed by atoms with E-state index in [1.807, 2.05) is 19.1 Å². The van der Waals surface area contributed by atoms with Crippen molar-refractivity contribution in [3.05, 3.63) is 18.3 Å². The lowest BCUT2D eigenvalue weighted by Crippen LogP contribution is -2.26. The molecule has 0 bridgehead atoms. The molecular weight excluding hydrogens is 218 g/mol. The Kier molecular flexibility index (Phi) is 6.35. The van der Waals surface area contributed by atoms with Crippen LogP contribution in [0, 0.1) is 0 Å². The van der Waals surface area contributed by atoms with Crippen LogP contribution >= 0.6 is 0 Å². The standard InChI is InChI=1S/C12H21N3O2/c1-4-13-12-7-10(5-6-14-12)15-8-11(17-3)9-16-2/h5-7,11H,4,8-9H2,1-3H3,(H2,13,14,15). The number of hydrogen-bond donors (Lipinski definition) is 2. The number of aromatic nitrogens is 1. The molecule has 1 aromatic heterocycles. The highest BCUT2D eigenvalue weighted by Crippen LogP contribution is 2.11. The van der Waals surface area contributed by atoms with E-state index in [0.29, 0.717) is 13.2 Å². The zero-order chi connectivity index (χ0) is 12.5. The van der Waals surface area contributed by atoms with E-state index in [2.05, 4.69) is 15.6 Å². The van der Waals surface area contributed by atoms with Crippen molar-refractivity contribution in [1.29, 1.82) is 0 Å². The van der Waals surface area contributed by atoms with Crippen molar-refractivity contribution in [3.8, 4) is 0 Å². The summed E-state index contributed by atoms with van der Waals surface area (Å²) >= 11 is 0. The Morgan fingerprint density at radius 1 is 1.35 bits per heavy atom. The molecule has 0 radical (unpaired) electrons. The summed E-state index contributed by atoms with van der Waals surface area (Å²) < 4.78 is 10.3. The summed E-state index contributed by atoms with van der Waals surface area (Å²) in [5.74, 6) is 0.873. The van der Waals surface area contributed by atoms with Crippen molar-refractivity contribution in [3.63, 3.8) is 0 Å². The van der Waals surface area contributed by atoms with Crippen LogP contribution in [-0.2, 0) is 9.47 Å². The van der Waals surface area contributed by atoms with Gasteiger partial charge in [-0.15, -0.1) is 0 Å². The van der Waals surface area contributed by atoms with Crippen molar-refractivity contribution in [2.45, 2.75) is 13.0 Å². The fraction of sp³-hybridized carbons (Fsp3) is 0.583. The highest BCUT2D eigenvalue weighted by Gasteiger charge is 2.06. The van der Waals surface area contributed by atoms with Crippen molar-refractivity contribution < 1.29 is 9.47 Å². The molecule has 0 saturated heterocycles. The number of methoxy groups -OCH3 is 2. The quantitative estimate of drug-likeness (QED) is 0.721. The molecule has 0 amide bonds. The Balaban J connectivity index is 2.47. The Hall–Kier alpha value is -1.33. The number of hydrogen-bond acceptors (Lipinski definition) is 5. The third-order valence-corrected chi connectivity index (χ3v) is 2.34. The summed E-state index contributed by atoms with van der Waals surface area (Å²) in [5.41, 5.74) is 1.02. The topological polar surface area (TPSA) is 55.4 Å².